The number of ether oxygens (including phenoxy) is 1. The van der Waals surface area contributed by atoms with Crippen LogP contribution < -0.4 is 14.4 Å². The molecule has 1 aromatic heterocycles. The molecule has 28 heavy (non-hydrogen) atoms. The van der Waals surface area contributed by atoms with Gasteiger partial charge in [-0.2, -0.15) is 4.72 Å². The molecule has 0 amide bonds. The highest BCUT2D eigenvalue weighted by Gasteiger charge is 2.26. The van der Waals surface area contributed by atoms with Crippen molar-refractivity contribution in [2.75, 3.05) is 26.1 Å². The molecule has 0 bridgehead atoms. The van der Waals surface area contributed by atoms with E-state index in [0.717, 1.165) is 16.8 Å². The van der Waals surface area contributed by atoms with Crippen molar-refractivity contribution in [2.24, 2.45) is 0 Å². The van der Waals surface area contributed by atoms with Crippen LogP contribution in [0.5, 0.6) is 5.75 Å². The second-order valence-electron chi connectivity index (χ2n) is 6.45. The van der Waals surface area contributed by atoms with Gasteiger partial charge < -0.3 is 9.64 Å². The van der Waals surface area contributed by atoms with Gasteiger partial charge in [-0.05, 0) is 23.8 Å². The minimum Gasteiger partial charge on any atom is -0.496 e. The summed E-state index contributed by atoms with van der Waals surface area (Å²) in [5, 5.41) is -0.0280. The number of methoxy groups -OCH3 is 1. The van der Waals surface area contributed by atoms with Crippen molar-refractivity contribution in [1.29, 1.82) is 0 Å². The molecule has 0 aliphatic carbocycles. The SMILES string of the molecule is COc1cc(N(C)C)ccc1C(NS(=O)(=O)c1ccccn1)c1ccccc1. The maximum absolute atomic E-state index is 12.9. The van der Waals surface area contributed by atoms with Crippen molar-refractivity contribution in [3.63, 3.8) is 0 Å². The normalized spacial score (nSPS) is 12.4. The van der Waals surface area contributed by atoms with Crippen LogP contribution in [-0.2, 0) is 10.0 Å². The van der Waals surface area contributed by atoms with Gasteiger partial charge in [-0.3, -0.25) is 0 Å². The first-order valence-corrected chi connectivity index (χ1v) is 10.2. The summed E-state index contributed by atoms with van der Waals surface area (Å²) < 4.78 is 34.2. The van der Waals surface area contributed by atoms with Gasteiger partial charge in [-0.15, -0.1) is 0 Å². The molecular formula is C21H23N3O3S. The van der Waals surface area contributed by atoms with Gasteiger partial charge >= 0.3 is 0 Å². The van der Waals surface area contributed by atoms with E-state index < -0.39 is 16.1 Å². The van der Waals surface area contributed by atoms with Crippen LogP contribution >= 0.6 is 0 Å². The highest BCUT2D eigenvalue weighted by Crippen LogP contribution is 2.34. The maximum Gasteiger partial charge on any atom is 0.258 e. The van der Waals surface area contributed by atoms with Crippen molar-refractivity contribution in [3.8, 4) is 5.75 Å². The van der Waals surface area contributed by atoms with E-state index in [1.165, 1.54) is 12.3 Å². The number of hydrogen-bond acceptors (Lipinski definition) is 5. The number of nitrogens with one attached hydrogen (secondary N) is 1. The molecule has 146 valence electrons. The molecule has 0 spiro atoms. The van der Waals surface area contributed by atoms with E-state index in [9.17, 15) is 8.42 Å². The lowest BCUT2D eigenvalue weighted by Crippen LogP contribution is -2.30. The number of benzene rings is 2. The minimum atomic E-state index is -3.83. The Balaban J connectivity index is 2.09. The minimum absolute atomic E-state index is 0.0280. The second kappa shape index (κ2) is 8.41. The number of aromatic nitrogens is 1. The van der Waals surface area contributed by atoms with E-state index >= 15 is 0 Å². The fourth-order valence-corrected chi connectivity index (χ4v) is 4.05. The van der Waals surface area contributed by atoms with Crippen molar-refractivity contribution < 1.29 is 13.2 Å². The van der Waals surface area contributed by atoms with E-state index in [0.29, 0.717) is 5.75 Å². The lowest BCUT2D eigenvalue weighted by atomic mass is 9.98. The van der Waals surface area contributed by atoms with Crippen LogP contribution in [0.3, 0.4) is 0 Å². The summed E-state index contributed by atoms with van der Waals surface area (Å²) in [4.78, 5) is 5.94. The average Bonchev–Trinajstić information content (AvgIpc) is 2.73. The fourth-order valence-electron chi connectivity index (χ4n) is 2.89. The summed E-state index contributed by atoms with van der Waals surface area (Å²) >= 11 is 0. The lowest BCUT2D eigenvalue weighted by Gasteiger charge is -2.23. The summed E-state index contributed by atoms with van der Waals surface area (Å²) in [6.07, 6.45) is 1.46. The molecule has 0 fully saturated rings. The summed E-state index contributed by atoms with van der Waals surface area (Å²) in [7, 11) is 1.62. The molecule has 0 radical (unpaired) electrons. The van der Waals surface area contributed by atoms with Crippen LogP contribution in [0.2, 0.25) is 0 Å². The van der Waals surface area contributed by atoms with E-state index in [1.807, 2.05) is 67.5 Å². The van der Waals surface area contributed by atoms with Gasteiger partial charge in [0.05, 0.1) is 13.2 Å². The highest BCUT2D eigenvalue weighted by molar-refractivity contribution is 7.89. The Hall–Kier alpha value is -2.90. The second-order valence-corrected chi connectivity index (χ2v) is 8.11. The molecule has 6 nitrogen and oxygen atoms in total. The van der Waals surface area contributed by atoms with Crippen LogP contribution in [0, 0.1) is 0 Å². The van der Waals surface area contributed by atoms with Crippen LogP contribution in [0.25, 0.3) is 0 Å². The molecule has 1 heterocycles. The largest absolute Gasteiger partial charge is 0.496 e. The van der Waals surface area contributed by atoms with Crippen LogP contribution in [0.4, 0.5) is 5.69 Å². The summed E-state index contributed by atoms with van der Waals surface area (Å²) in [6.45, 7) is 0. The van der Waals surface area contributed by atoms with Gasteiger partial charge in [0.15, 0.2) is 5.03 Å². The Kier molecular flexibility index (Phi) is 5.96. The van der Waals surface area contributed by atoms with Gasteiger partial charge in [0.25, 0.3) is 10.0 Å². The van der Waals surface area contributed by atoms with E-state index in [-0.39, 0.29) is 5.03 Å². The number of sulfonamides is 1. The highest BCUT2D eigenvalue weighted by atomic mass is 32.2. The zero-order valence-corrected chi connectivity index (χ0v) is 16.8. The monoisotopic (exact) mass is 397 g/mol. The lowest BCUT2D eigenvalue weighted by molar-refractivity contribution is 0.406. The molecule has 7 heteroatoms. The topological polar surface area (TPSA) is 71.5 Å². The number of rotatable bonds is 7. The van der Waals surface area contributed by atoms with E-state index in [1.54, 1.807) is 19.2 Å². The van der Waals surface area contributed by atoms with Crippen molar-refractivity contribution >= 4 is 15.7 Å². The number of pyridine rings is 1. The molecule has 1 atom stereocenters. The quantitative estimate of drug-likeness (QED) is 0.663. The first-order chi connectivity index (χ1) is 13.4. The first kappa shape index (κ1) is 19.9. The van der Waals surface area contributed by atoms with Gasteiger partial charge in [0.1, 0.15) is 5.75 Å². The van der Waals surface area contributed by atoms with Crippen LogP contribution in [0.1, 0.15) is 17.2 Å². The van der Waals surface area contributed by atoms with Gasteiger partial charge in [-0.25, -0.2) is 13.4 Å². The molecule has 3 rings (SSSR count). The van der Waals surface area contributed by atoms with Crippen LogP contribution in [0.15, 0.2) is 78.0 Å². The predicted octanol–water partition coefficient (Wildman–Crippen LogP) is 3.22. The number of nitrogens with zero attached hydrogens (tertiary/aromatic N) is 2. The van der Waals surface area contributed by atoms with Crippen molar-refractivity contribution in [3.05, 3.63) is 84.1 Å². The molecule has 0 aliphatic heterocycles. The molecule has 0 saturated heterocycles. The zero-order valence-electron chi connectivity index (χ0n) is 16.0. The Labute approximate surface area is 165 Å². The molecular weight excluding hydrogens is 374 g/mol. The smallest absolute Gasteiger partial charge is 0.258 e. The van der Waals surface area contributed by atoms with E-state index in [4.69, 9.17) is 4.74 Å². The standard InChI is InChI=1S/C21H23N3O3S/c1-24(2)17-12-13-18(19(15-17)27-3)21(16-9-5-4-6-10-16)23-28(25,26)20-11-7-8-14-22-20/h4-15,21,23H,1-3H3. The summed E-state index contributed by atoms with van der Waals surface area (Å²) in [5.41, 5.74) is 2.48. The first-order valence-electron chi connectivity index (χ1n) is 8.76. The molecule has 0 aliphatic rings. The molecule has 2 aromatic carbocycles. The van der Waals surface area contributed by atoms with Crippen molar-refractivity contribution in [1.82, 2.24) is 9.71 Å². The summed E-state index contributed by atoms with van der Waals surface area (Å²) in [6, 6.07) is 19.3. The predicted molar refractivity (Wildman–Crippen MR) is 110 cm³/mol. The van der Waals surface area contributed by atoms with Gasteiger partial charge in [-0.1, -0.05) is 42.5 Å². The Bertz CT molecular complexity index is 1020. The third-order valence-electron chi connectivity index (χ3n) is 4.36. The third kappa shape index (κ3) is 4.32. The average molecular weight is 398 g/mol. The third-order valence-corrected chi connectivity index (χ3v) is 5.70. The Morgan fingerprint density at radius 1 is 1.00 bits per heavy atom. The zero-order chi connectivity index (χ0) is 20.1. The number of anilines is 1. The number of hydrogen-bond donors (Lipinski definition) is 1. The molecule has 1 N–H and O–H groups in total. The molecule has 0 saturated carbocycles. The van der Waals surface area contributed by atoms with Gasteiger partial charge in [0.2, 0.25) is 0 Å². The Morgan fingerprint density at radius 3 is 2.32 bits per heavy atom. The maximum atomic E-state index is 12.9. The summed E-state index contributed by atoms with van der Waals surface area (Å²) in [5.74, 6) is 0.601. The van der Waals surface area contributed by atoms with E-state index in [2.05, 4.69) is 9.71 Å². The van der Waals surface area contributed by atoms with Crippen molar-refractivity contribution in [2.45, 2.75) is 11.1 Å². The molecule has 3 aromatic rings. The van der Waals surface area contributed by atoms with Crippen LogP contribution in [-0.4, -0.2) is 34.6 Å². The van der Waals surface area contributed by atoms with Gasteiger partial charge in [0, 0.05) is 37.6 Å². The molecule has 1 unspecified atom stereocenters. The fraction of sp³-hybridized carbons (Fsp3) is 0.190. The Morgan fingerprint density at radius 2 is 1.71 bits per heavy atom.